The van der Waals surface area contributed by atoms with E-state index >= 15 is 0 Å². The molecule has 4 saturated carbocycles. The minimum Gasteiger partial charge on any atom is -0.311 e. The topological polar surface area (TPSA) is 12.0 Å². The average Bonchev–Trinajstić information content (AvgIpc) is 2.72. The van der Waals surface area contributed by atoms with Gasteiger partial charge in [-0.25, -0.2) is 0 Å². The lowest BCUT2D eigenvalue weighted by atomic mass is 9.41. The standard InChI is InChI=1S/C28H36ClN/c1-20(8-9-22-6-4-3-5-7-22)30-21(2)27-15-23-14-24(16-27)18-28(17-23,19-27)25-10-12-26(29)13-11-25/h3-7,10-13,20-21,23-24,30H,8-9,14-19H2,1-2H3/t20-,21-,23-,24-,27?,28?/m1/s1. The van der Waals surface area contributed by atoms with Crippen LogP contribution in [0.4, 0.5) is 0 Å². The van der Waals surface area contributed by atoms with E-state index in [-0.39, 0.29) is 0 Å². The molecular formula is C28H36ClN. The Hall–Kier alpha value is -1.31. The minimum atomic E-state index is 0.387. The van der Waals surface area contributed by atoms with Gasteiger partial charge in [-0.05, 0) is 111 Å². The van der Waals surface area contributed by atoms with Crippen LogP contribution in [0.25, 0.3) is 0 Å². The molecule has 4 atom stereocenters. The van der Waals surface area contributed by atoms with Crippen molar-refractivity contribution in [1.29, 1.82) is 0 Å². The zero-order chi connectivity index (χ0) is 20.8. The molecular weight excluding hydrogens is 386 g/mol. The fourth-order valence-electron chi connectivity index (χ4n) is 7.70. The maximum absolute atomic E-state index is 6.22. The quantitative estimate of drug-likeness (QED) is 0.499. The predicted molar refractivity (Wildman–Crippen MR) is 127 cm³/mol. The molecule has 4 bridgehead atoms. The summed E-state index contributed by atoms with van der Waals surface area (Å²) in [4.78, 5) is 0. The molecule has 4 fully saturated rings. The SMILES string of the molecule is C[C@H](CCc1ccccc1)N[C@H](C)C12C[C@H]3C[C@@H](CC(c4ccc(Cl)cc4)(C3)C1)C2. The monoisotopic (exact) mass is 421 g/mol. The Bertz CT molecular complexity index is 844. The first kappa shape index (κ1) is 20.6. The van der Waals surface area contributed by atoms with Gasteiger partial charge in [0.15, 0.2) is 0 Å². The van der Waals surface area contributed by atoms with Crippen molar-refractivity contribution in [3.63, 3.8) is 0 Å². The minimum absolute atomic E-state index is 0.387. The first-order chi connectivity index (χ1) is 14.5. The number of halogens is 1. The van der Waals surface area contributed by atoms with E-state index in [2.05, 4.69) is 73.8 Å². The number of aryl methyl sites for hydroxylation is 1. The van der Waals surface area contributed by atoms with Gasteiger partial charge in [-0.1, -0.05) is 54.1 Å². The van der Waals surface area contributed by atoms with Gasteiger partial charge in [0.2, 0.25) is 0 Å². The molecule has 1 N–H and O–H groups in total. The Morgan fingerprint density at radius 3 is 2.27 bits per heavy atom. The molecule has 2 aromatic rings. The van der Waals surface area contributed by atoms with Crippen LogP contribution in [-0.2, 0) is 11.8 Å². The van der Waals surface area contributed by atoms with Gasteiger partial charge in [-0.2, -0.15) is 0 Å². The molecule has 160 valence electrons. The van der Waals surface area contributed by atoms with E-state index in [4.69, 9.17) is 11.6 Å². The molecule has 0 radical (unpaired) electrons. The summed E-state index contributed by atoms with van der Waals surface area (Å²) in [5.74, 6) is 1.82. The lowest BCUT2D eigenvalue weighted by molar-refractivity contribution is -0.0894. The summed E-state index contributed by atoms with van der Waals surface area (Å²) in [6.07, 6.45) is 10.8. The molecule has 1 nitrogen and oxygen atoms in total. The molecule has 4 aliphatic rings. The van der Waals surface area contributed by atoms with Crippen molar-refractivity contribution >= 4 is 11.6 Å². The van der Waals surface area contributed by atoms with Crippen molar-refractivity contribution in [1.82, 2.24) is 5.32 Å². The van der Waals surface area contributed by atoms with Crippen LogP contribution >= 0.6 is 11.6 Å². The summed E-state index contributed by atoms with van der Waals surface area (Å²) in [7, 11) is 0. The van der Waals surface area contributed by atoms with Gasteiger partial charge in [0.1, 0.15) is 0 Å². The van der Waals surface area contributed by atoms with Gasteiger partial charge in [0.05, 0.1) is 0 Å². The van der Waals surface area contributed by atoms with E-state index in [1.165, 1.54) is 50.5 Å². The third-order valence-electron chi connectivity index (χ3n) is 8.72. The summed E-state index contributed by atoms with van der Waals surface area (Å²) in [6, 6.07) is 20.9. The van der Waals surface area contributed by atoms with Crippen molar-refractivity contribution in [2.24, 2.45) is 17.3 Å². The zero-order valence-corrected chi connectivity index (χ0v) is 19.3. The van der Waals surface area contributed by atoms with Crippen LogP contribution in [0.3, 0.4) is 0 Å². The molecule has 0 aromatic heterocycles. The van der Waals surface area contributed by atoms with Crippen LogP contribution in [0.1, 0.15) is 69.9 Å². The number of hydrogen-bond donors (Lipinski definition) is 1. The van der Waals surface area contributed by atoms with Gasteiger partial charge >= 0.3 is 0 Å². The Labute approximate surface area is 187 Å². The Morgan fingerprint density at radius 1 is 0.933 bits per heavy atom. The predicted octanol–water partition coefficient (Wildman–Crippen LogP) is 7.18. The van der Waals surface area contributed by atoms with E-state index in [1.54, 1.807) is 5.56 Å². The van der Waals surface area contributed by atoms with E-state index in [1.807, 2.05) is 0 Å². The second kappa shape index (κ2) is 7.99. The third kappa shape index (κ3) is 3.84. The molecule has 0 aliphatic heterocycles. The highest BCUT2D eigenvalue weighted by molar-refractivity contribution is 6.30. The van der Waals surface area contributed by atoms with Crippen molar-refractivity contribution in [3.8, 4) is 0 Å². The van der Waals surface area contributed by atoms with E-state index in [9.17, 15) is 0 Å². The largest absolute Gasteiger partial charge is 0.311 e. The second-order valence-corrected chi connectivity index (χ2v) is 11.4. The maximum atomic E-state index is 6.22. The molecule has 6 rings (SSSR count). The van der Waals surface area contributed by atoms with Crippen LogP contribution in [-0.4, -0.2) is 12.1 Å². The van der Waals surface area contributed by atoms with Crippen LogP contribution < -0.4 is 5.32 Å². The summed E-state index contributed by atoms with van der Waals surface area (Å²) < 4.78 is 0. The highest BCUT2D eigenvalue weighted by Gasteiger charge is 2.59. The molecule has 2 aromatic carbocycles. The van der Waals surface area contributed by atoms with Crippen molar-refractivity contribution in [2.45, 2.75) is 82.7 Å². The van der Waals surface area contributed by atoms with Crippen LogP contribution in [0.15, 0.2) is 54.6 Å². The van der Waals surface area contributed by atoms with Crippen LogP contribution in [0, 0.1) is 17.3 Å². The number of nitrogens with one attached hydrogen (secondary N) is 1. The van der Waals surface area contributed by atoms with Crippen molar-refractivity contribution in [3.05, 3.63) is 70.7 Å². The normalized spacial score (nSPS) is 34.1. The van der Waals surface area contributed by atoms with Crippen molar-refractivity contribution in [2.75, 3.05) is 0 Å². The fourth-order valence-corrected chi connectivity index (χ4v) is 7.82. The van der Waals surface area contributed by atoms with Gasteiger partial charge in [0.25, 0.3) is 0 Å². The summed E-state index contributed by atoms with van der Waals surface area (Å²) in [5, 5.41) is 4.93. The van der Waals surface area contributed by atoms with Gasteiger partial charge in [-0.3, -0.25) is 0 Å². The smallest absolute Gasteiger partial charge is 0.0406 e. The fraction of sp³-hybridized carbons (Fsp3) is 0.571. The van der Waals surface area contributed by atoms with Gasteiger partial charge in [-0.15, -0.1) is 0 Å². The molecule has 0 unspecified atom stereocenters. The van der Waals surface area contributed by atoms with E-state index in [0.29, 0.717) is 22.9 Å². The molecule has 0 heterocycles. The Kier molecular flexibility index (Phi) is 5.48. The lowest BCUT2D eigenvalue weighted by Crippen LogP contribution is -2.60. The molecule has 30 heavy (non-hydrogen) atoms. The number of benzene rings is 2. The molecule has 0 amide bonds. The highest BCUT2D eigenvalue weighted by atomic mass is 35.5. The van der Waals surface area contributed by atoms with Gasteiger partial charge < -0.3 is 5.32 Å². The zero-order valence-electron chi connectivity index (χ0n) is 18.5. The molecule has 0 saturated heterocycles. The van der Waals surface area contributed by atoms with Crippen molar-refractivity contribution < 1.29 is 0 Å². The maximum Gasteiger partial charge on any atom is 0.0406 e. The molecule has 2 heteroatoms. The lowest BCUT2D eigenvalue weighted by Gasteiger charge is -2.64. The first-order valence-electron chi connectivity index (χ1n) is 12.0. The van der Waals surface area contributed by atoms with Gasteiger partial charge in [0, 0.05) is 17.1 Å². The number of hydrogen-bond acceptors (Lipinski definition) is 1. The number of rotatable bonds is 7. The Balaban J connectivity index is 1.30. The molecule has 0 spiro atoms. The molecule has 4 aliphatic carbocycles. The summed E-state index contributed by atoms with van der Waals surface area (Å²) >= 11 is 6.22. The first-order valence-corrected chi connectivity index (χ1v) is 12.4. The van der Waals surface area contributed by atoms with E-state index < -0.39 is 0 Å². The highest BCUT2D eigenvalue weighted by Crippen LogP contribution is 2.66. The summed E-state index contributed by atoms with van der Waals surface area (Å²) in [6.45, 7) is 4.87. The van der Waals surface area contributed by atoms with Crippen LogP contribution in [0.2, 0.25) is 5.02 Å². The van der Waals surface area contributed by atoms with Crippen LogP contribution in [0.5, 0.6) is 0 Å². The average molecular weight is 422 g/mol. The Morgan fingerprint density at radius 2 is 1.60 bits per heavy atom. The summed E-state index contributed by atoms with van der Waals surface area (Å²) in [5.41, 5.74) is 3.85. The second-order valence-electron chi connectivity index (χ2n) is 10.9. The third-order valence-corrected chi connectivity index (χ3v) is 8.98. The van der Waals surface area contributed by atoms with E-state index in [0.717, 1.165) is 23.3 Å².